The van der Waals surface area contributed by atoms with Crippen molar-refractivity contribution in [2.45, 2.75) is 13.8 Å². The van der Waals surface area contributed by atoms with Gasteiger partial charge in [0, 0.05) is 18.1 Å². The Morgan fingerprint density at radius 3 is 2.59 bits per heavy atom. The van der Waals surface area contributed by atoms with E-state index in [0.29, 0.717) is 5.57 Å². The molecule has 2 rings (SSSR count). The van der Waals surface area contributed by atoms with Crippen LogP contribution in [0.5, 0.6) is 5.75 Å². The van der Waals surface area contributed by atoms with Crippen LogP contribution in [-0.2, 0) is 4.79 Å². The van der Waals surface area contributed by atoms with Gasteiger partial charge < -0.3 is 4.74 Å². The highest BCUT2D eigenvalue weighted by Gasteiger charge is 2.26. The lowest BCUT2D eigenvalue weighted by molar-refractivity contribution is -0.131. The fraction of sp³-hybridized carbons (Fsp3) is 0.154. The largest absolute Gasteiger partial charge is 0.426 e. The Kier molecular flexibility index (Phi) is 2.63. The lowest BCUT2D eigenvalue weighted by Crippen LogP contribution is -2.17. The molecule has 1 aromatic rings. The molecule has 0 saturated carbocycles. The number of esters is 1. The van der Waals surface area contributed by atoms with Crippen molar-refractivity contribution in [2.24, 2.45) is 0 Å². The van der Waals surface area contributed by atoms with E-state index in [2.05, 4.69) is 0 Å². The second-order valence-electron chi connectivity index (χ2n) is 3.79. The van der Waals surface area contributed by atoms with Gasteiger partial charge in [0.15, 0.2) is 11.6 Å². The molecular weight excluding hydrogens is 220 g/mol. The third kappa shape index (κ3) is 1.89. The van der Waals surface area contributed by atoms with Gasteiger partial charge in [-0.05, 0) is 19.1 Å². The Hall–Kier alpha value is -2.23. The molecule has 4 heteroatoms. The Morgan fingerprint density at radius 2 is 1.94 bits per heavy atom. The van der Waals surface area contributed by atoms with Crippen LogP contribution in [0.1, 0.15) is 34.6 Å². The molecule has 0 amide bonds. The summed E-state index contributed by atoms with van der Waals surface area (Å²) in [6, 6.07) is 4.64. The Morgan fingerprint density at radius 1 is 1.24 bits per heavy atom. The summed E-state index contributed by atoms with van der Waals surface area (Å²) >= 11 is 0. The first-order valence-corrected chi connectivity index (χ1v) is 5.09. The van der Waals surface area contributed by atoms with E-state index in [9.17, 15) is 14.4 Å². The van der Waals surface area contributed by atoms with Crippen LogP contribution < -0.4 is 4.74 Å². The number of carbonyl (C=O) groups excluding carboxylic acids is 3. The maximum Gasteiger partial charge on any atom is 0.308 e. The van der Waals surface area contributed by atoms with Crippen LogP contribution in [0.4, 0.5) is 0 Å². The molecule has 0 bridgehead atoms. The zero-order chi connectivity index (χ0) is 12.6. The number of benzene rings is 1. The molecule has 0 unspecified atom stereocenters. The van der Waals surface area contributed by atoms with E-state index in [0.717, 1.165) is 0 Å². The predicted molar refractivity (Wildman–Crippen MR) is 60.2 cm³/mol. The van der Waals surface area contributed by atoms with Crippen molar-refractivity contribution in [1.29, 1.82) is 0 Å². The number of hydrogen-bond donors (Lipinski definition) is 0. The molecule has 1 aliphatic carbocycles. The Balaban J connectivity index is 2.61. The monoisotopic (exact) mass is 230 g/mol. The molecule has 0 fully saturated rings. The average molecular weight is 230 g/mol. The summed E-state index contributed by atoms with van der Waals surface area (Å²) in [7, 11) is 0. The second-order valence-corrected chi connectivity index (χ2v) is 3.79. The zero-order valence-electron chi connectivity index (χ0n) is 9.44. The van der Waals surface area contributed by atoms with E-state index in [1.165, 1.54) is 19.1 Å². The SMILES string of the molecule is CC(=O)Oc1cccc2c1C(=O)C=C(C)C2=O. The van der Waals surface area contributed by atoms with Crippen LogP contribution in [0.15, 0.2) is 29.8 Å². The van der Waals surface area contributed by atoms with Gasteiger partial charge in [-0.3, -0.25) is 14.4 Å². The zero-order valence-corrected chi connectivity index (χ0v) is 9.44. The molecule has 1 aromatic carbocycles. The highest BCUT2D eigenvalue weighted by atomic mass is 16.5. The minimum atomic E-state index is -0.523. The number of ketones is 2. The second kappa shape index (κ2) is 3.97. The van der Waals surface area contributed by atoms with Gasteiger partial charge in [0.25, 0.3) is 0 Å². The molecule has 0 saturated heterocycles. The van der Waals surface area contributed by atoms with E-state index in [4.69, 9.17) is 4.74 Å². The van der Waals surface area contributed by atoms with Gasteiger partial charge in [-0.2, -0.15) is 0 Å². The van der Waals surface area contributed by atoms with Gasteiger partial charge in [0.2, 0.25) is 0 Å². The summed E-state index contributed by atoms with van der Waals surface area (Å²) in [4.78, 5) is 34.6. The molecule has 0 heterocycles. The highest BCUT2D eigenvalue weighted by Crippen LogP contribution is 2.29. The van der Waals surface area contributed by atoms with Crippen LogP contribution in [0.2, 0.25) is 0 Å². The number of Topliss-reactive ketones (excluding diaryl/α,β-unsaturated/α-hetero) is 1. The van der Waals surface area contributed by atoms with Crippen molar-refractivity contribution in [3.63, 3.8) is 0 Å². The lowest BCUT2D eigenvalue weighted by Gasteiger charge is -2.15. The molecule has 0 spiro atoms. The molecule has 4 nitrogen and oxygen atoms in total. The average Bonchev–Trinajstić information content (AvgIpc) is 2.25. The maximum atomic E-state index is 11.8. The van der Waals surface area contributed by atoms with Crippen molar-refractivity contribution < 1.29 is 19.1 Å². The van der Waals surface area contributed by atoms with E-state index in [1.54, 1.807) is 19.1 Å². The Bertz CT molecular complexity index is 567. The molecule has 1 aliphatic rings. The first-order valence-electron chi connectivity index (χ1n) is 5.09. The summed E-state index contributed by atoms with van der Waals surface area (Å²) in [5, 5.41) is 0. The van der Waals surface area contributed by atoms with Crippen LogP contribution >= 0.6 is 0 Å². The van der Waals surface area contributed by atoms with Crippen molar-refractivity contribution in [2.75, 3.05) is 0 Å². The van der Waals surface area contributed by atoms with Gasteiger partial charge in [-0.25, -0.2) is 0 Å². The smallest absolute Gasteiger partial charge is 0.308 e. The number of fused-ring (bicyclic) bond motifs is 1. The molecule has 0 atom stereocenters. The van der Waals surface area contributed by atoms with Crippen LogP contribution in [0.3, 0.4) is 0 Å². The molecule has 17 heavy (non-hydrogen) atoms. The van der Waals surface area contributed by atoms with Crippen LogP contribution in [0, 0.1) is 0 Å². The first-order chi connectivity index (χ1) is 8.00. The quantitative estimate of drug-likeness (QED) is 0.546. The molecule has 0 N–H and O–H groups in total. The van der Waals surface area contributed by atoms with Crippen molar-refractivity contribution in [1.82, 2.24) is 0 Å². The maximum absolute atomic E-state index is 11.8. The molecule has 0 aromatic heterocycles. The molecule has 0 aliphatic heterocycles. The third-order valence-electron chi connectivity index (χ3n) is 2.48. The summed E-state index contributed by atoms with van der Waals surface area (Å²) < 4.78 is 4.93. The topological polar surface area (TPSA) is 60.4 Å². The normalized spacial score (nSPS) is 14.1. The van der Waals surface area contributed by atoms with Gasteiger partial charge in [0.1, 0.15) is 5.75 Å². The van der Waals surface area contributed by atoms with Crippen LogP contribution in [-0.4, -0.2) is 17.5 Å². The summed E-state index contributed by atoms with van der Waals surface area (Å²) in [5.74, 6) is -0.912. The number of hydrogen-bond acceptors (Lipinski definition) is 4. The first kappa shape index (κ1) is 11.3. The Labute approximate surface area is 97.9 Å². The number of allylic oxidation sites excluding steroid dienone is 2. The lowest BCUT2D eigenvalue weighted by atomic mass is 9.89. The van der Waals surface area contributed by atoms with Gasteiger partial charge in [-0.1, -0.05) is 12.1 Å². The van der Waals surface area contributed by atoms with Gasteiger partial charge >= 0.3 is 5.97 Å². The van der Waals surface area contributed by atoms with Gasteiger partial charge in [-0.15, -0.1) is 0 Å². The standard InChI is InChI=1S/C13H10O4/c1-7-6-10(15)12-9(13(7)16)4-3-5-11(12)17-8(2)14/h3-6H,1-2H3. The molecular formula is C13H10O4. The fourth-order valence-corrected chi connectivity index (χ4v) is 1.76. The fourth-order valence-electron chi connectivity index (χ4n) is 1.76. The third-order valence-corrected chi connectivity index (χ3v) is 2.48. The number of carbonyl (C=O) groups is 3. The summed E-state index contributed by atoms with van der Waals surface area (Å²) in [5.41, 5.74) is 0.842. The number of ether oxygens (including phenoxy) is 1. The van der Waals surface area contributed by atoms with Crippen molar-refractivity contribution >= 4 is 17.5 Å². The minimum absolute atomic E-state index is 0.136. The van der Waals surface area contributed by atoms with Crippen molar-refractivity contribution in [3.8, 4) is 5.75 Å². The van der Waals surface area contributed by atoms with E-state index in [-0.39, 0.29) is 28.4 Å². The molecule has 0 radical (unpaired) electrons. The van der Waals surface area contributed by atoms with Gasteiger partial charge in [0.05, 0.1) is 5.56 Å². The van der Waals surface area contributed by atoms with E-state index in [1.807, 2.05) is 0 Å². The van der Waals surface area contributed by atoms with E-state index >= 15 is 0 Å². The van der Waals surface area contributed by atoms with E-state index < -0.39 is 5.97 Å². The van der Waals surface area contributed by atoms with Crippen molar-refractivity contribution in [3.05, 3.63) is 41.0 Å². The summed E-state index contributed by atoms with van der Waals surface area (Å²) in [6.45, 7) is 2.83. The number of rotatable bonds is 1. The highest BCUT2D eigenvalue weighted by molar-refractivity contribution is 6.25. The predicted octanol–water partition coefficient (Wildman–Crippen LogP) is 1.94. The molecule has 86 valence electrons. The van der Waals surface area contributed by atoms with Crippen LogP contribution in [0.25, 0.3) is 0 Å². The minimum Gasteiger partial charge on any atom is -0.426 e. The summed E-state index contributed by atoms with van der Waals surface area (Å²) in [6.07, 6.45) is 1.26.